The van der Waals surface area contributed by atoms with E-state index in [1.807, 2.05) is 0 Å². The molecule has 2 saturated carbocycles. The van der Waals surface area contributed by atoms with Crippen LogP contribution in [0.15, 0.2) is 0 Å². The molecule has 2 fully saturated rings. The molecule has 0 heterocycles. The van der Waals surface area contributed by atoms with Gasteiger partial charge in [0.1, 0.15) is 0 Å². The number of rotatable bonds is 4. The van der Waals surface area contributed by atoms with Gasteiger partial charge in [-0.15, -0.1) is 0 Å². The van der Waals surface area contributed by atoms with Crippen LogP contribution in [-0.2, 0) is 0 Å². The third-order valence-electron chi connectivity index (χ3n) is 4.11. The third-order valence-corrected chi connectivity index (χ3v) is 4.11. The highest BCUT2D eigenvalue weighted by Gasteiger charge is 2.25. The molecule has 2 aliphatic carbocycles. The fourth-order valence-corrected chi connectivity index (χ4v) is 2.77. The van der Waals surface area contributed by atoms with E-state index in [2.05, 4.69) is 5.32 Å². The van der Waals surface area contributed by atoms with Crippen LogP contribution in [0.4, 0.5) is 0 Å². The molecule has 0 spiro atoms. The molecule has 0 aromatic carbocycles. The molecule has 2 unspecified atom stereocenters. The van der Waals surface area contributed by atoms with Gasteiger partial charge in [-0.25, -0.2) is 0 Å². The normalized spacial score (nSPS) is 34.1. The van der Waals surface area contributed by atoms with Gasteiger partial charge in [0.05, 0.1) is 0 Å². The summed E-state index contributed by atoms with van der Waals surface area (Å²) in [5, 5.41) is 3.74. The van der Waals surface area contributed by atoms with Crippen LogP contribution in [0.5, 0.6) is 0 Å². The van der Waals surface area contributed by atoms with E-state index in [1.165, 1.54) is 51.5 Å². The van der Waals surface area contributed by atoms with Gasteiger partial charge in [-0.1, -0.05) is 19.3 Å². The zero-order chi connectivity index (χ0) is 9.80. The Hall–Kier alpha value is -0.0800. The standard InChI is InChI=1S/C12H24N2/c13-8-11-6-1-2-7-12(11)14-9-10-4-3-5-10/h10-12,14H,1-9,13H2. The minimum atomic E-state index is 0.731. The maximum Gasteiger partial charge on any atom is 0.0107 e. The lowest BCUT2D eigenvalue weighted by Crippen LogP contribution is -2.44. The fourth-order valence-electron chi connectivity index (χ4n) is 2.77. The van der Waals surface area contributed by atoms with Crippen LogP contribution in [0.25, 0.3) is 0 Å². The highest BCUT2D eigenvalue weighted by molar-refractivity contribution is 4.83. The van der Waals surface area contributed by atoms with Crippen molar-refractivity contribution in [2.45, 2.75) is 51.0 Å². The Bertz CT molecular complexity index is 166. The first-order chi connectivity index (χ1) is 6.90. The van der Waals surface area contributed by atoms with Crippen LogP contribution >= 0.6 is 0 Å². The monoisotopic (exact) mass is 196 g/mol. The predicted octanol–water partition coefficient (Wildman–Crippen LogP) is 1.89. The molecule has 0 bridgehead atoms. The first-order valence-corrected chi connectivity index (χ1v) is 6.33. The third kappa shape index (κ3) is 2.48. The Morgan fingerprint density at radius 1 is 1.00 bits per heavy atom. The Balaban J connectivity index is 1.70. The summed E-state index contributed by atoms with van der Waals surface area (Å²) >= 11 is 0. The summed E-state index contributed by atoms with van der Waals surface area (Å²) in [6.07, 6.45) is 9.85. The summed E-state index contributed by atoms with van der Waals surface area (Å²) in [5.74, 6) is 1.74. The van der Waals surface area contributed by atoms with E-state index in [0.29, 0.717) is 0 Å². The smallest absolute Gasteiger partial charge is 0.0107 e. The lowest BCUT2D eigenvalue weighted by atomic mass is 9.82. The molecule has 2 atom stereocenters. The first-order valence-electron chi connectivity index (χ1n) is 6.33. The van der Waals surface area contributed by atoms with Gasteiger partial charge in [0, 0.05) is 6.04 Å². The topological polar surface area (TPSA) is 38.0 Å². The number of hydrogen-bond donors (Lipinski definition) is 2. The van der Waals surface area contributed by atoms with Gasteiger partial charge in [0.25, 0.3) is 0 Å². The number of nitrogens with two attached hydrogens (primary N) is 1. The van der Waals surface area contributed by atoms with E-state index in [9.17, 15) is 0 Å². The van der Waals surface area contributed by atoms with E-state index in [1.54, 1.807) is 0 Å². The van der Waals surface area contributed by atoms with Crippen molar-refractivity contribution < 1.29 is 0 Å². The molecule has 0 aromatic heterocycles. The average molecular weight is 196 g/mol. The maximum absolute atomic E-state index is 5.81. The van der Waals surface area contributed by atoms with Crippen LogP contribution in [-0.4, -0.2) is 19.1 Å². The molecule has 2 aliphatic rings. The second-order valence-electron chi connectivity index (χ2n) is 5.09. The van der Waals surface area contributed by atoms with Crippen LogP contribution < -0.4 is 11.1 Å². The van der Waals surface area contributed by atoms with Crippen molar-refractivity contribution in [1.82, 2.24) is 5.32 Å². The Morgan fingerprint density at radius 2 is 1.79 bits per heavy atom. The Kier molecular flexibility index (Phi) is 3.82. The Labute approximate surface area is 87.6 Å². The second kappa shape index (κ2) is 5.13. The van der Waals surface area contributed by atoms with E-state index < -0.39 is 0 Å². The van der Waals surface area contributed by atoms with Gasteiger partial charge < -0.3 is 11.1 Å². The number of hydrogen-bond acceptors (Lipinski definition) is 2. The van der Waals surface area contributed by atoms with Gasteiger partial charge >= 0.3 is 0 Å². The molecule has 0 amide bonds. The van der Waals surface area contributed by atoms with Gasteiger partial charge in [-0.05, 0) is 50.6 Å². The number of nitrogens with one attached hydrogen (secondary N) is 1. The second-order valence-corrected chi connectivity index (χ2v) is 5.09. The quantitative estimate of drug-likeness (QED) is 0.720. The van der Waals surface area contributed by atoms with Gasteiger partial charge in [-0.2, -0.15) is 0 Å². The molecule has 82 valence electrons. The fraction of sp³-hybridized carbons (Fsp3) is 1.00. The van der Waals surface area contributed by atoms with Crippen LogP contribution in [0, 0.1) is 11.8 Å². The van der Waals surface area contributed by atoms with Crippen molar-refractivity contribution >= 4 is 0 Å². The zero-order valence-corrected chi connectivity index (χ0v) is 9.17. The van der Waals surface area contributed by atoms with Crippen LogP contribution in [0.3, 0.4) is 0 Å². The summed E-state index contributed by atoms with van der Waals surface area (Å²) in [4.78, 5) is 0. The SMILES string of the molecule is NCC1CCCCC1NCC1CCC1. The van der Waals surface area contributed by atoms with Crippen molar-refractivity contribution in [3.8, 4) is 0 Å². The lowest BCUT2D eigenvalue weighted by Gasteiger charge is -2.34. The van der Waals surface area contributed by atoms with E-state index in [0.717, 1.165) is 24.4 Å². The maximum atomic E-state index is 5.81. The van der Waals surface area contributed by atoms with E-state index in [4.69, 9.17) is 5.73 Å². The molecule has 2 rings (SSSR count). The highest BCUT2D eigenvalue weighted by atomic mass is 14.9. The average Bonchev–Trinajstić information content (AvgIpc) is 2.16. The summed E-state index contributed by atoms with van der Waals surface area (Å²) in [5.41, 5.74) is 5.81. The highest BCUT2D eigenvalue weighted by Crippen LogP contribution is 2.27. The van der Waals surface area contributed by atoms with Crippen molar-refractivity contribution in [3.05, 3.63) is 0 Å². The summed E-state index contributed by atoms with van der Waals surface area (Å²) in [6, 6.07) is 0.731. The summed E-state index contributed by atoms with van der Waals surface area (Å²) in [7, 11) is 0. The molecule has 0 radical (unpaired) electrons. The molecule has 2 heteroatoms. The molecule has 3 N–H and O–H groups in total. The van der Waals surface area contributed by atoms with E-state index >= 15 is 0 Å². The molecule has 0 saturated heterocycles. The molecule has 14 heavy (non-hydrogen) atoms. The van der Waals surface area contributed by atoms with E-state index in [-0.39, 0.29) is 0 Å². The molecular weight excluding hydrogens is 172 g/mol. The van der Waals surface area contributed by atoms with Gasteiger partial charge in [-0.3, -0.25) is 0 Å². The van der Waals surface area contributed by atoms with Crippen LogP contribution in [0.2, 0.25) is 0 Å². The van der Waals surface area contributed by atoms with Crippen molar-refractivity contribution in [2.75, 3.05) is 13.1 Å². The van der Waals surface area contributed by atoms with Gasteiger partial charge in [0.2, 0.25) is 0 Å². The van der Waals surface area contributed by atoms with Gasteiger partial charge in [0.15, 0.2) is 0 Å². The lowest BCUT2D eigenvalue weighted by molar-refractivity contribution is 0.228. The summed E-state index contributed by atoms with van der Waals surface area (Å²) < 4.78 is 0. The van der Waals surface area contributed by atoms with Crippen molar-refractivity contribution in [1.29, 1.82) is 0 Å². The minimum absolute atomic E-state index is 0.731. The van der Waals surface area contributed by atoms with Crippen molar-refractivity contribution in [3.63, 3.8) is 0 Å². The molecule has 0 aliphatic heterocycles. The minimum Gasteiger partial charge on any atom is -0.330 e. The van der Waals surface area contributed by atoms with Crippen molar-refractivity contribution in [2.24, 2.45) is 17.6 Å². The predicted molar refractivity (Wildman–Crippen MR) is 60.1 cm³/mol. The summed E-state index contributed by atoms with van der Waals surface area (Å²) in [6.45, 7) is 2.13. The largest absolute Gasteiger partial charge is 0.330 e. The molecule has 0 aromatic rings. The first kappa shape index (κ1) is 10.4. The molecular formula is C12H24N2. The zero-order valence-electron chi connectivity index (χ0n) is 9.17. The van der Waals surface area contributed by atoms with Crippen LogP contribution in [0.1, 0.15) is 44.9 Å². The molecule has 2 nitrogen and oxygen atoms in total. The Morgan fingerprint density at radius 3 is 2.43 bits per heavy atom.